The van der Waals surface area contributed by atoms with Gasteiger partial charge in [0.05, 0.1) is 39.9 Å². The molecule has 0 aliphatic carbocycles. The number of carbonyl (C=O) groups is 1. The van der Waals surface area contributed by atoms with Crippen LogP contribution in [-0.4, -0.2) is 73.4 Å². The van der Waals surface area contributed by atoms with E-state index in [1.807, 2.05) is 27.2 Å². The Morgan fingerprint density at radius 1 is 0.405 bits per heavy atom. The normalized spacial score (nSPS) is 13.8. The van der Waals surface area contributed by atoms with E-state index in [0.717, 1.165) is 38.5 Å². The number of carbonyl (C=O) groups excluding carboxylic acids is 1. The van der Waals surface area contributed by atoms with Gasteiger partial charge in [-0.1, -0.05) is 365 Å². The Labute approximate surface area is 525 Å². The standard InChI is InChI=1S/C75H147N2O6P/c1-6-8-10-12-14-16-18-20-22-24-26-28-30-32-34-36-37-38-39-41-43-45-47-49-51-53-55-57-59-61-63-65-67-69-75(79)76-73(72-83-84(80,81)82-71-70-77(3,4)5)74(78)68-66-64-62-60-58-56-54-52-50-48-46-44-42-40-35-33-31-29-27-25-23-21-19-17-15-13-11-9-7-2/h18,20,24,26,66,68,73-74,78H,6-17,19,21-23,25,27-65,67,69-72H2,1-5H3,(H-,76,79,80,81)/p+1/b20-18-,26-24-,68-66+. The molecular formula is C75H148N2O6P+. The highest BCUT2D eigenvalue weighted by Crippen LogP contribution is 2.43. The lowest BCUT2D eigenvalue weighted by Crippen LogP contribution is -2.45. The zero-order chi connectivity index (χ0) is 61.2. The number of hydrogen-bond donors (Lipinski definition) is 3. The summed E-state index contributed by atoms with van der Waals surface area (Å²) in [5.41, 5.74) is 0. The lowest BCUT2D eigenvalue weighted by Gasteiger charge is -2.25. The second-order valence-electron chi connectivity index (χ2n) is 27.0. The molecule has 0 aliphatic rings. The Kier molecular flexibility index (Phi) is 65.1. The van der Waals surface area contributed by atoms with Gasteiger partial charge in [-0.3, -0.25) is 13.8 Å². The molecule has 0 heterocycles. The van der Waals surface area contributed by atoms with E-state index in [1.165, 1.54) is 327 Å². The molecule has 0 radical (unpaired) electrons. The van der Waals surface area contributed by atoms with Crippen molar-refractivity contribution in [1.29, 1.82) is 0 Å². The second-order valence-corrected chi connectivity index (χ2v) is 28.5. The number of aliphatic hydroxyl groups is 1. The average Bonchev–Trinajstić information content (AvgIpc) is 3.56. The van der Waals surface area contributed by atoms with Crippen LogP contribution in [0.5, 0.6) is 0 Å². The first-order valence-electron chi connectivity index (χ1n) is 37.4. The zero-order valence-electron chi connectivity index (χ0n) is 57.2. The molecule has 0 rings (SSSR count). The van der Waals surface area contributed by atoms with Gasteiger partial charge in [0.2, 0.25) is 5.91 Å². The van der Waals surface area contributed by atoms with Crippen molar-refractivity contribution in [2.45, 2.75) is 398 Å². The first-order valence-corrected chi connectivity index (χ1v) is 38.9. The molecule has 0 fully saturated rings. The third-order valence-corrected chi connectivity index (χ3v) is 18.3. The molecule has 0 bridgehead atoms. The van der Waals surface area contributed by atoms with Gasteiger partial charge in [0.1, 0.15) is 13.2 Å². The number of phosphoric acid groups is 1. The third kappa shape index (κ3) is 68.2. The van der Waals surface area contributed by atoms with Crippen molar-refractivity contribution < 1.29 is 32.9 Å². The third-order valence-electron chi connectivity index (χ3n) is 17.4. The van der Waals surface area contributed by atoms with E-state index in [1.54, 1.807) is 6.08 Å². The second kappa shape index (κ2) is 66.1. The molecule has 84 heavy (non-hydrogen) atoms. The summed E-state index contributed by atoms with van der Waals surface area (Å²) in [5, 5.41) is 14.0. The highest BCUT2D eigenvalue weighted by molar-refractivity contribution is 7.47. The zero-order valence-corrected chi connectivity index (χ0v) is 58.1. The minimum atomic E-state index is -4.35. The van der Waals surface area contributed by atoms with E-state index in [-0.39, 0.29) is 19.1 Å². The van der Waals surface area contributed by atoms with Crippen LogP contribution in [0.2, 0.25) is 0 Å². The first-order chi connectivity index (χ1) is 41.0. The molecule has 3 atom stereocenters. The van der Waals surface area contributed by atoms with E-state index in [0.29, 0.717) is 17.4 Å². The summed E-state index contributed by atoms with van der Waals surface area (Å²) in [5.74, 6) is -0.168. The Morgan fingerprint density at radius 3 is 0.976 bits per heavy atom. The first kappa shape index (κ1) is 82.7. The number of unbranched alkanes of at least 4 members (excludes halogenated alkanes) is 53. The number of nitrogens with zero attached hydrogens (tertiary/aromatic N) is 1. The van der Waals surface area contributed by atoms with Crippen LogP contribution in [-0.2, 0) is 18.4 Å². The van der Waals surface area contributed by atoms with Crippen LogP contribution in [0, 0.1) is 0 Å². The fourth-order valence-electron chi connectivity index (χ4n) is 11.5. The van der Waals surface area contributed by atoms with Crippen molar-refractivity contribution in [3.8, 4) is 0 Å². The number of allylic oxidation sites excluding steroid dienone is 5. The molecule has 8 nitrogen and oxygen atoms in total. The van der Waals surface area contributed by atoms with Gasteiger partial charge >= 0.3 is 7.82 Å². The Balaban J connectivity index is 4.00. The lowest BCUT2D eigenvalue weighted by atomic mass is 10.0. The van der Waals surface area contributed by atoms with E-state index in [4.69, 9.17) is 9.05 Å². The van der Waals surface area contributed by atoms with Crippen LogP contribution < -0.4 is 5.32 Å². The van der Waals surface area contributed by atoms with Gasteiger partial charge in [0, 0.05) is 6.42 Å². The van der Waals surface area contributed by atoms with Crippen LogP contribution >= 0.6 is 7.82 Å². The summed E-state index contributed by atoms with van der Waals surface area (Å²) in [6.07, 6.45) is 88.8. The van der Waals surface area contributed by atoms with E-state index < -0.39 is 20.0 Å². The summed E-state index contributed by atoms with van der Waals surface area (Å²) in [7, 11) is 1.59. The highest BCUT2D eigenvalue weighted by atomic mass is 31.2. The highest BCUT2D eigenvalue weighted by Gasteiger charge is 2.28. The van der Waals surface area contributed by atoms with Gasteiger partial charge in [-0.2, -0.15) is 0 Å². The van der Waals surface area contributed by atoms with Crippen LogP contribution in [0.4, 0.5) is 0 Å². The van der Waals surface area contributed by atoms with Crippen molar-refractivity contribution in [2.24, 2.45) is 0 Å². The van der Waals surface area contributed by atoms with Crippen molar-refractivity contribution in [1.82, 2.24) is 5.32 Å². The van der Waals surface area contributed by atoms with E-state index >= 15 is 0 Å². The molecule has 1 amide bonds. The van der Waals surface area contributed by atoms with E-state index in [9.17, 15) is 19.4 Å². The Bertz CT molecular complexity index is 1460. The molecule has 3 unspecified atom stereocenters. The topological polar surface area (TPSA) is 105 Å². The largest absolute Gasteiger partial charge is 0.472 e. The Hall–Kier alpha value is -1.28. The maximum Gasteiger partial charge on any atom is 0.472 e. The number of phosphoric ester groups is 1. The number of rotatable bonds is 70. The number of aliphatic hydroxyl groups excluding tert-OH is 1. The van der Waals surface area contributed by atoms with Gasteiger partial charge in [-0.25, -0.2) is 4.57 Å². The smallest absolute Gasteiger partial charge is 0.387 e. The van der Waals surface area contributed by atoms with Crippen LogP contribution in [0.1, 0.15) is 386 Å². The van der Waals surface area contributed by atoms with Crippen LogP contribution in [0.25, 0.3) is 0 Å². The average molecular weight is 1200 g/mol. The van der Waals surface area contributed by atoms with Gasteiger partial charge in [-0.15, -0.1) is 0 Å². The number of likely N-dealkylation sites (N-methyl/N-ethyl adjacent to an activating group) is 1. The fourth-order valence-corrected chi connectivity index (χ4v) is 12.3. The SMILES string of the molecule is CCCCCCC/C=C\C/C=C\CCCCCCCCCCCCCCCCCCCCCCCC(=O)NC(COP(=O)(O)OCC[N+](C)(C)C)C(O)/C=C/CCCCCCCCCCCCCCCCCCCCCCCCCCCCC. The number of nitrogens with one attached hydrogen (secondary N) is 1. The lowest BCUT2D eigenvalue weighted by molar-refractivity contribution is -0.870. The molecule has 0 aromatic rings. The fraction of sp³-hybridized carbons (Fsp3) is 0.907. The molecule has 0 spiro atoms. The molecule has 0 saturated heterocycles. The van der Waals surface area contributed by atoms with Crippen molar-refractivity contribution in [3.63, 3.8) is 0 Å². The molecule has 0 aromatic heterocycles. The van der Waals surface area contributed by atoms with Crippen LogP contribution in [0.15, 0.2) is 36.5 Å². The van der Waals surface area contributed by atoms with Gasteiger partial charge < -0.3 is 19.8 Å². The predicted octanol–water partition coefficient (Wildman–Crippen LogP) is 24.0. The van der Waals surface area contributed by atoms with Crippen molar-refractivity contribution in [3.05, 3.63) is 36.5 Å². The predicted molar refractivity (Wildman–Crippen MR) is 369 cm³/mol. The molecule has 498 valence electrons. The number of hydrogen-bond acceptors (Lipinski definition) is 5. The minimum absolute atomic E-state index is 0.0639. The number of amides is 1. The minimum Gasteiger partial charge on any atom is -0.387 e. The molecule has 9 heteroatoms. The molecule has 3 N–H and O–H groups in total. The monoisotopic (exact) mass is 1200 g/mol. The molecule has 0 saturated carbocycles. The quantitative estimate of drug-likeness (QED) is 0.0243. The van der Waals surface area contributed by atoms with Gasteiger partial charge in [0.15, 0.2) is 0 Å². The van der Waals surface area contributed by atoms with Crippen molar-refractivity contribution >= 4 is 13.7 Å². The summed E-state index contributed by atoms with van der Waals surface area (Å²) < 4.78 is 23.9. The number of quaternary nitrogens is 1. The molecule has 0 aliphatic heterocycles. The van der Waals surface area contributed by atoms with E-state index in [2.05, 4.69) is 43.5 Å². The Morgan fingerprint density at radius 2 is 0.679 bits per heavy atom. The van der Waals surface area contributed by atoms with Crippen molar-refractivity contribution in [2.75, 3.05) is 40.9 Å². The maximum atomic E-state index is 13.1. The van der Waals surface area contributed by atoms with Crippen LogP contribution in [0.3, 0.4) is 0 Å². The molecular weight excluding hydrogens is 1060 g/mol. The summed E-state index contributed by atoms with van der Waals surface area (Å²) >= 11 is 0. The summed E-state index contributed by atoms with van der Waals surface area (Å²) in [4.78, 5) is 23.5. The van der Waals surface area contributed by atoms with Gasteiger partial charge in [0.25, 0.3) is 0 Å². The summed E-state index contributed by atoms with van der Waals surface area (Å²) in [6.45, 7) is 4.87. The van der Waals surface area contributed by atoms with Gasteiger partial charge in [-0.05, 0) is 51.4 Å². The molecule has 0 aromatic carbocycles. The maximum absolute atomic E-state index is 13.1. The summed E-state index contributed by atoms with van der Waals surface area (Å²) in [6, 6.07) is -0.847.